The van der Waals surface area contributed by atoms with Crippen LogP contribution >= 0.6 is 37.2 Å². The molecule has 2 bridgehead atoms. The van der Waals surface area contributed by atoms with Gasteiger partial charge in [-0.2, -0.15) is 0 Å². The average molecular weight is 584 g/mol. The minimum Gasteiger partial charge on any atom is -0.493 e. The van der Waals surface area contributed by atoms with Crippen LogP contribution < -0.4 is 14.8 Å². The van der Waals surface area contributed by atoms with Crippen LogP contribution in [0.25, 0.3) is 22.4 Å². The molecule has 4 heterocycles. The van der Waals surface area contributed by atoms with Gasteiger partial charge in [-0.15, -0.1) is 37.2 Å². The number of ether oxygens (including phenoxy) is 2. The third-order valence-electron chi connectivity index (χ3n) is 8.81. The number of piperidine rings is 2. The van der Waals surface area contributed by atoms with Gasteiger partial charge in [0.05, 0.1) is 25.3 Å². The summed E-state index contributed by atoms with van der Waals surface area (Å²) in [6.45, 7) is 4.67. The predicted molar refractivity (Wildman–Crippen MR) is 162 cm³/mol. The Balaban J connectivity index is 0.00000133. The fraction of sp³-hybridized carbons (Fsp3) is 0.552. The van der Waals surface area contributed by atoms with Gasteiger partial charge in [0, 0.05) is 30.7 Å². The second-order valence-corrected chi connectivity index (χ2v) is 10.8. The zero-order chi connectivity index (χ0) is 24.1. The third-order valence-corrected chi connectivity index (χ3v) is 8.81. The van der Waals surface area contributed by atoms with E-state index >= 15 is 0 Å². The van der Waals surface area contributed by atoms with Crippen molar-refractivity contribution >= 4 is 48.3 Å². The quantitative estimate of drug-likeness (QED) is 0.382. The highest BCUT2D eigenvalue weighted by Gasteiger charge is 2.37. The lowest BCUT2D eigenvalue weighted by molar-refractivity contribution is 0.111. The van der Waals surface area contributed by atoms with Crippen molar-refractivity contribution in [3.05, 3.63) is 41.5 Å². The van der Waals surface area contributed by atoms with Crippen LogP contribution in [0.15, 0.2) is 30.3 Å². The van der Waals surface area contributed by atoms with Crippen LogP contribution in [-0.2, 0) is 7.05 Å². The first-order valence-electron chi connectivity index (χ1n) is 13.2. The molecule has 0 radical (unpaired) electrons. The molecule has 2 aromatic carbocycles. The molecule has 3 fully saturated rings. The number of nitrogens with one attached hydrogen (secondary N) is 1. The highest BCUT2D eigenvalue weighted by Crippen LogP contribution is 2.37. The summed E-state index contributed by atoms with van der Waals surface area (Å²) < 4.78 is 13.2. The van der Waals surface area contributed by atoms with Crippen molar-refractivity contribution in [1.29, 1.82) is 0 Å². The third kappa shape index (κ3) is 5.62. The summed E-state index contributed by atoms with van der Waals surface area (Å²) in [5.41, 5.74) is 6.07. The van der Waals surface area contributed by atoms with Crippen molar-refractivity contribution in [1.82, 2.24) is 19.8 Å². The normalized spacial score (nSPS) is 23.3. The predicted octanol–water partition coefficient (Wildman–Crippen LogP) is 6.29. The molecule has 3 aliphatic rings. The smallest absolute Gasteiger partial charge is 0.161 e. The zero-order valence-corrected chi connectivity index (χ0v) is 25.2. The van der Waals surface area contributed by atoms with E-state index in [1.54, 1.807) is 14.2 Å². The maximum Gasteiger partial charge on any atom is 0.161 e. The van der Waals surface area contributed by atoms with Crippen molar-refractivity contribution in [2.24, 2.45) is 7.05 Å². The van der Waals surface area contributed by atoms with Crippen LogP contribution in [-0.4, -0.2) is 59.9 Å². The van der Waals surface area contributed by atoms with Crippen molar-refractivity contribution < 1.29 is 9.47 Å². The number of benzene rings is 2. The zero-order valence-electron chi connectivity index (χ0n) is 22.7. The summed E-state index contributed by atoms with van der Waals surface area (Å²) in [6, 6.07) is 13.1. The van der Waals surface area contributed by atoms with Gasteiger partial charge in [-0.3, -0.25) is 0 Å². The van der Waals surface area contributed by atoms with E-state index in [-0.39, 0.29) is 37.2 Å². The van der Waals surface area contributed by atoms with E-state index in [0.717, 1.165) is 46.5 Å². The maximum absolute atomic E-state index is 5.53. The minimum absolute atomic E-state index is 0. The molecule has 0 saturated carbocycles. The van der Waals surface area contributed by atoms with Gasteiger partial charge in [0.15, 0.2) is 11.5 Å². The number of rotatable bonds is 5. The van der Waals surface area contributed by atoms with Crippen molar-refractivity contribution in [2.45, 2.75) is 69.5 Å². The number of hydrogen-bond acceptors (Lipinski definition) is 5. The van der Waals surface area contributed by atoms with Crippen molar-refractivity contribution in [3.8, 4) is 22.9 Å². The molecular formula is C29H41Cl3N4O2. The van der Waals surface area contributed by atoms with E-state index in [0.29, 0.717) is 5.92 Å². The molecule has 6 nitrogen and oxygen atoms in total. The second kappa shape index (κ2) is 12.6. The molecule has 2 atom stereocenters. The molecule has 3 aromatic rings. The summed E-state index contributed by atoms with van der Waals surface area (Å²) >= 11 is 0. The number of aryl methyl sites for hydroxylation is 2. The van der Waals surface area contributed by atoms with E-state index in [1.165, 1.54) is 68.3 Å². The van der Waals surface area contributed by atoms with Gasteiger partial charge in [0.25, 0.3) is 0 Å². The molecule has 9 heteroatoms. The number of aromatic nitrogens is 2. The highest BCUT2D eigenvalue weighted by atomic mass is 35.5. The average Bonchev–Trinajstić information content (AvgIpc) is 3.41. The number of likely N-dealkylation sites (tertiary alicyclic amines) is 1. The number of nitrogens with zero attached hydrogens (tertiary/aromatic N) is 3. The van der Waals surface area contributed by atoms with Gasteiger partial charge in [0.2, 0.25) is 0 Å². The number of hydrogen-bond donors (Lipinski definition) is 1. The highest BCUT2D eigenvalue weighted by molar-refractivity contribution is 5.86. The summed E-state index contributed by atoms with van der Waals surface area (Å²) in [7, 11) is 5.46. The van der Waals surface area contributed by atoms with Crippen LogP contribution in [0.1, 0.15) is 55.6 Å². The van der Waals surface area contributed by atoms with Crippen LogP contribution in [0.5, 0.6) is 11.5 Å². The minimum atomic E-state index is 0. The second-order valence-electron chi connectivity index (χ2n) is 10.8. The van der Waals surface area contributed by atoms with E-state index < -0.39 is 0 Å². The molecular weight excluding hydrogens is 543 g/mol. The van der Waals surface area contributed by atoms with Gasteiger partial charge in [0.1, 0.15) is 5.82 Å². The van der Waals surface area contributed by atoms with Crippen LogP contribution in [0.2, 0.25) is 0 Å². The molecule has 1 aromatic heterocycles. The Morgan fingerprint density at radius 2 is 1.53 bits per heavy atom. The molecule has 0 spiro atoms. The lowest BCUT2D eigenvalue weighted by Gasteiger charge is -2.41. The number of halogens is 3. The number of imidazole rings is 1. The molecule has 2 unspecified atom stereocenters. The summed E-state index contributed by atoms with van der Waals surface area (Å²) in [5, 5.41) is 3.80. The maximum atomic E-state index is 5.53. The summed E-state index contributed by atoms with van der Waals surface area (Å²) in [5.74, 6) is 3.05. The molecule has 3 saturated heterocycles. The Bertz CT molecular complexity index is 1230. The Morgan fingerprint density at radius 3 is 2.16 bits per heavy atom. The first kappa shape index (κ1) is 30.8. The first-order valence-corrected chi connectivity index (χ1v) is 13.2. The fourth-order valence-electron chi connectivity index (χ4n) is 6.88. The van der Waals surface area contributed by atoms with Gasteiger partial charge in [-0.1, -0.05) is 6.07 Å². The Morgan fingerprint density at radius 1 is 0.868 bits per heavy atom. The standard InChI is InChI=1S/C29H38N4O2.3ClH/c1-18-13-21(19-9-11-33(12-10-19)24-16-22-6-7-23(17-24)30-22)14-25-28(18)31-29(32(25)2)20-5-8-26(34-3)27(15-20)35-4;;;/h5,8,13-15,19,22-24,30H,6-7,9-12,16-17H2,1-4H3;3*1H. The van der Waals surface area contributed by atoms with Crippen LogP contribution in [0.4, 0.5) is 0 Å². The van der Waals surface area contributed by atoms with E-state index in [2.05, 4.69) is 47.0 Å². The Kier molecular flexibility index (Phi) is 10.3. The molecule has 38 heavy (non-hydrogen) atoms. The lowest BCUT2D eigenvalue weighted by Crippen LogP contribution is -2.50. The largest absolute Gasteiger partial charge is 0.493 e. The van der Waals surface area contributed by atoms with Gasteiger partial charge < -0.3 is 24.3 Å². The monoisotopic (exact) mass is 582 g/mol. The summed E-state index contributed by atoms with van der Waals surface area (Å²) in [6.07, 6.45) is 7.97. The van der Waals surface area contributed by atoms with Crippen LogP contribution in [0.3, 0.4) is 0 Å². The molecule has 0 amide bonds. The van der Waals surface area contributed by atoms with Crippen LogP contribution in [0, 0.1) is 6.92 Å². The van der Waals surface area contributed by atoms with Gasteiger partial charge >= 0.3 is 0 Å². The first-order chi connectivity index (χ1) is 17.0. The molecule has 6 rings (SSSR count). The van der Waals surface area contributed by atoms with Gasteiger partial charge in [-0.25, -0.2) is 4.98 Å². The molecule has 0 aliphatic carbocycles. The van der Waals surface area contributed by atoms with E-state index in [4.69, 9.17) is 14.5 Å². The fourth-order valence-corrected chi connectivity index (χ4v) is 6.88. The molecule has 1 N–H and O–H groups in total. The Hall–Kier alpha value is -1.70. The SMILES string of the molecule is COc1ccc(-c2nc3c(C)cc(C4CCN(C5CC6CCC(C5)N6)CC4)cc3n2C)cc1OC.Cl.Cl.Cl. The lowest BCUT2D eigenvalue weighted by atomic mass is 9.86. The topological polar surface area (TPSA) is 51.5 Å². The van der Waals surface area contributed by atoms with Crippen molar-refractivity contribution in [3.63, 3.8) is 0 Å². The van der Waals surface area contributed by atoms with E-state index in [9.17, 15) is 0 Å². The number of fused-ring (bicyclic) bond motifs is 3. The Labute approximate surface area is 245 Å². The molecule has 210 valence electrons. The van der Waals surface area contributed by atoms with Gasteiger partial charge in [-0.05, 0) is 99.8 Å². The van der Waals surface area contributed by atoms with E-state index in [1.807, 2.05) is 12.1 Å². The number of methoxy groups -OCH3 is 2. The van der Waals surface area contributed by atoms with Crippen molar-refractivity contribution in [2.75, 3.05) is 27.3 Å². The molecule has 3 aliphatic heterocycles. The summed E-state index contributed by atoms with van der Waals surface area (Å²) in [4.78, 5) is 7.84.